The first-order valence-corrected chi connectivity index (χ1v) is 12.2. The van der Waals surface area contributed by atoms with Crippen molar-refractivity contribution < 1.29 is 24.6 Å². The first-order valence-electron chi connectivity index (χ1n) is 12.2. The molecule has 0 unspecified atom stereocenters. The second-order valence-corrected chi connectivity index (χ2v) is 9.53. The Morgan fingerprint density at radius 1 is 1.03 bits per heavy atom. The number of rotatable bonds is 8. The fourth-order valence-electron chi connectivity index (χ4n) is 4.87. The van der Waals surface area contributed by atoms with Crippen LogP contribution in [-0.4, -0.2) is 45.5 Å². The molecule has 8 heteroatoms. The average Bonchev–Trinajstić information content (AvgIpc) is 3.33. The molecule has 37 heavy (non-hydrogen) atoms. The Labute approximate surface area is 215 Å². The number of benzene rings is 3. The number of nitrogens with one attached hydrogen (secondary N) is 1. The molecule has 1 aliphatic rings. The van der Waals surface area contributed by atoms with Crippen molar-refractivity contribution in [3.63, 3.8) is 0 Å². The smallest absolute Gasteiger partial charge is 0.335 e. The summed E-state index contributed by atoms with van der Waals surface area (Å²) in [6.07, 6.45) is 1.65. The molecule has 2 amide bonds. The van der Waals surface area contributed by atoms with Gasteiger partial charge in [-0.3, -0.25) is 14.5 Å². The van der Waals surface area contributed by atoms with Gasteiger partial charge in [0, 0.05) is 17.7 Å². The summed E-state index contributed by atoms with van der Waals surface area (Å²) in [4.78, 5) is 37.9. The van der Waals surface area contributed by atoms with E-state index in [9.17, 15) is 19.5 Å². The van der Waals surface area contributed by atoms with Crippen LogP contribution in [0, 0.1) is 6.92 Å². The number of amides is 2. The van der Waals surface area contributed by atoms with Crippen LogP contribution >= 0.6 is 0 Å². The van der Waals surface area contributed by atoms with Gasteiger partial charge in [0.25, 0.3) is 0 Å². The fraction of sp³-hybridized carbons (Fsp3) is 0.276. The van der Waals surface area contributed by atoms with Gasteiger partial charge in [-0.25, -0.2) is 4.79 Å². The third-order valence-corrected chi connectivity index (χ3v) is 6.93. The van der Waals surface area contributed by atoms with Gasteiger partial charge in [0.05, 0.1) is 17.6 Å². The molecule has 2 atom stereocenters. The zero-order chi connectivity index (χ0) is 26.7. The van der Waals surface area contributed by atoms with E-state index in [-0.39, 0.29) is 29.3 Å². The van der Waals surface area contributed by atoms with Crippen LogP contribution in [0.2, 0.25) is 0 Å². The lowest BCUT2D eigenvalue weighted by Crippen LogP contribution is -2.43. The van der Waals surface area contributed by atoms with E-state index >= 15 is 0 Å². The molecule has 1 fully saturated rings. The summed E-state index contributed by atoms with van der Waals surface area (Å²) in [6, 6.07) is 16.5. The number of likely N-dealkylation sites (tertiary alicyclic amines) is 1. The third-order valence-electron chi connectivity index (χ3n) is 6.93. The monoisotopic (exact) mass is 501 g/mol. The molecule has 3 aromatic rings. The molecule has 8 nitrogen and oxygen atoms in total. The minimum Gasteiger partial charge on any atom is -0.507 e. The standard InChI is InChI=1S/C29H31N3O5/c1-17-14-22(27(30)34)10-11-23(17)24-15-19(5-12-26(24)33)16-32-13-3-4-25(32)28(35)31-18(2)20-6-8-21(9-7-20)29(36)37/h5-12,14-15,18,25,33H,3-4,13,16H2,1-2H3,(H2,30,34)(H,31,35)(H,36,37)/t18-,25+/m0/s1. The minimum absolute atomic E-state index is 0.0656. The second kappa shape index (κ2) is 10.8. The molecule has 1 heterocycles. The predicted molar refractivity (Wildman–Crippen MR) is 140 cm³/mol. The second-order valence-electron chi connectivity index (χ2n) is 9.53. The Morgan fingerprint density at radius 3 is 2.38 bits per heavy atom. The number of carboxylic acids is 1. The summed E-state index contributed by atoms with van der Waals surface area (Å²) >= 11 is 0. The van der Waals surface area contributed by atoms with Gasteiger partial charge in [0.2, 0.25) is 11.8 Å². The third kappa shape index (κ3) is 5.81. The molecule has 0 aromatic heterocycles. The van der Waals surface area contributed by atoms with E-state index in [0.29, 0.717) is 17.7 Å². The predicted octanol–water partition coefficient (Wildman–Crippen LogP) is 4.01. The lowest BCUT2D eigenvalue weighted by molar-refractivity contribution is -0.126. The van der Waals surface area contributed by atoms with Gasteiger partial charge in [-0.1, -0.05) is 24.3 Å². The van der Waals surface area contributed by atoms with Crippen molar-refractivity contribution in [2.24, 2.45) is 5.73 Å². The molecule has 1 saturated heterocycles. The Morgan fingerprint density at radius 2 is 1.73 bits per heavy atom. The highest BCUT2D eigenvalue weighted by molar-refractivity contribution is 5.94. The number of aryl methyl sites for hydroxylation is 1. The van der Waals surface area contributed by atoms with Gasteiger partial charge in [-0.15, -0.1) is 0 Å². The van der Waals surface area contributed by atoms with Crippen LogP contribution in [-0.2, 0) is 11.3 Å². The van der Waals surface area contributed by atoms with Gasteiger partial charge >= 0.3 is 5.97 Å². The Hall–Kier alpha value is -4.17. The van der Waals surface area contributed by atoms with Gasteiger partial charge in [0.1, 0.15) is 5.75 Å². The first-order chi connectivity index (χ1) is 17.6. The summed E-state index contributed by atoms with van der Waals surface area (Å²) in [5, 5.41) is 22.7. The van der Waals surface area contributed by atoms with Crippen LogP contribution in [0.4, 0.5) is 0 Å². The van der Waals surface area contributed by atoms with E-state index in [2.05, 4.69) is 10.2 Å². The van der Waals surface area contributed by atoms with Crippen molar-refractivity contribution in [1.29, 1.82) is 0 Å². The van der Waals surface area contributed by atoms with Crippen molar-refractivity contribution in [3.8, 4) is 16.9 Å². The summed E-state index contributed by atoms with van der Waals surface area (Å²) in [5.74, 6) is -1.42. The van der Waals surface area contributed by atoms with Crippen molar-refractivity contribution in [2.45, 2.75) is 45.3 Å². The minimum atomic E-state index is -0.986. The summed E-state index contributed by atoms with van der Waals surface area (Å²) in [5.41, 5.74) is 10.1. The molecule has 0 saturated carbocycles. The molecule has 192 valence electrons. The molecule has 1 aliphatic heterocycles. The highest BCUT2D eigenvalue weighted by Crippen LogP contribution is 2.34. The Balaban J connectivity index is 1.47. The fourth-order valence-corrected chi connectivity index (χ4v) is 4.87. The molecule has 0 radical (unpaired) electrons. The van der Waals surface area contributed by atoms with Gasteiger partial charge in [-0.2, -0.15) is 0 Å². The van der Waals surface area contributed by atoms with E-state index in [4.69, 9.17) is 10.8 Å². The zero-order valence-electron chi connectivity index (χ0n) is 20.9. The molecular weight excluding hydrogens is 470 g/mol. The molecule has 0 spiro atoms. The molecule has 3 aromatic carbocycles. The van der Waals surface area contributed by atoms with Crippen LogP contribution < -0.4 is 11.1 Å². The normalized spacial score (nSPS) is 16.3. The van der Waals surface area contributed by atoms with Crippen molar-refractivity contribution in [1.82, 2.24) is 10.2 Å². The number of phenolic OH excluding ortho intramolecular Hbond substituents is 1. The maximum absolute atomic E-state index is 13.2. The van der Waals surface area contributed by atoms with Crippen LogP contribution in [0.5, 0.6) is 5.75 Å². The SMILES string of the molecule is Cc1cc(C(N)=O)ccc1-c1cc(CN2CCC[C@@H]2C(=O)N[C@@H](C)c2ccc(C(=O)O)cc2)ccc1O. The number of nitrogens with zero attached hydrogens (tertiary/aromatic N) is 1. The van der Waals surface area contributed by atoms with Gasteiger partial charge in [-0.05, 0) is 91.9 Å². The summed E-state index contributed by atoms with van der Waals surface area (Å²) in [7, 11) is 0. The maximum atomic E-state index is 13.2. The number of aromatic carboxylic acids is 1. The molecule has 0 bridgehead atoms. The van der Waals surface area contributed by atoms with E-state index in [1.165, 1.54) is 12.1 Å². The molecule has 0 aliphatic carbocycles. The Bertz CT molecular complexity index is 1340. The number of hydrogen-bond donors (Lipinski definition) is 4. The van der Waals surface area contributed by atoms with Crippen molar-refractivity contribution in [2.75, 3.05) is 6.54 Å². The van der Waals surface area contributed by atoms with Gasteiger partial charge < -0.3 is 21.3 Å². The van der Waals surface area contributed by atoms with Crippen LogP contribution in [0.1, 0.15) is 63.2 Å². The summed E-state index contributed by atoms with van der Waals surface area (Å²) < 4.78 is 0. The van der Waals surface area contributed by atoms with Crippen LogP contribution in [0.15, 0.2) is 60.7 Å². The lowest BCUT2D eigenvalue weighted by atomic mass is 9.96. The quantitative estimate of drug-likeness (QED) is 0.369. The topological polar surface area (TPSA) is 133 Å². The molecular formula is C29H31N3O5. The number of aromatic hydroxyl groups is 1. The lowest BCUT2D eigenvalue weighted by Gasteiger charge is -2.26. The van der Waals surface area contributed by atoms with E-state index < -0.39 is 11.9 Å². The number of phenols is 1. The highest BCUT2D eigenvalue weighted by Gasteiger charge is 2.31. The van der Waals surface area contributed by atoms with Crippen LogP contribution in [0.25, 0.3) is 11.1 Å². The van der Waals surface area contributed by atoms with E-state index in [1.807, 2.05) is 26.0 Å². The highest BCUT2D eigenvalue weighted by atomic mass is 16.4. The number of carbonyl (C=O) groups is 3. The van der Waals surface area contributed by atoms with Crippen molar-refractivity contribution in [3.05, 3.63) is 88.5 Å². The van der Waals surface area contributed by atoms with Gasteiger partial charge in [0.15, 0.2) is 0 Å². The average molecular weight is 502 g/mol. The molecule has 4 rings (SSSR count). The first kappa shape index (κ1) is 25.9. The summed E-state index contributed by atoms with van der Waals surface area (Å²) in [6.45, 7) is 5.07. The molecule has 5 N–H and O–H groups in total. The Kier molecular flexibility index (Phi) is 7.59. The van der Waals surface area contributed by atoms with E-state index in [1.54, 1.807) is 36.4 Å². The largest absolute Gasteiger partial charge is 0.507 e. The number of hydrogen-bond acceptors (Lipinski definition) is 5. The van der Waals surface area contributed by atoms with Crippen molar-refractivity contribution >= 4 is 17.8 Å². The number of carbonyl (C=O) groups excluding carboxylic acids is 2. The number of carboxylic acid groups (broad SMARTS) is 1. The zero-order valence-corrected chi connectivity index (χ0v) is 20.9. The van der Waals surface area contributed by atoms with E-state index in [0.717, 1.165) is 41.6 Å². The maximum Gasteiger partial charge on any atom is 0.335 e. The van der Waals surface area contributed by atoms with Crippen LogP contribution in [0.3, 0.4) is 0 Å². The number of nitrogens with two attached hydrogens (primary N) is 1. The number of primary amides is 1.